The number of carbonyl (C=O) groups excluding carboxylic acids is 2. The Bertz CT molecular complexity index is 740. The van der Waals surface area contributed by atoms with Crippen LogP contribution in [0.4, 0.5) is 5.69 Å². The van der Waals surface area contributed by atoms with E-state index in [4.69, 9.17) is 0 Å². The normalized spacial score (nSPS) is 17.4. The first-order chi connectivity index (χ1) is 11.1. The van der Waals surface area contributed by atoms with Gasteiger partial charge >= 0.3 is 0 Å². The van der Waals surface area contributed by atoms with Crippen LogP contribution in [0.3, 0.4) is 0 Å². The molecule has 0 spiro atoms. The van der Waals surface area contributed by atoms with Crippen LogP contribution >= 0.6 is 0 Å². The molecule has 1 aliphatic rings. The Kier molecular flexibility index (Phi) is 4.15. The fraction of sp³-hybridized carbons (Fsp3) is 0.263. The zero-order valence-electron chi connectivity index (χ0n) is 13.4. The third-order valence-corrected chi connectivity index (χ3v) is 4.21. The van der Waals surface area contributed by atoms with E-state index in [2.05, 4.69) is 5.32 Å². The first-order valence-electron chi connectivity index (χ1n) is 7.81. The summed E-state index contributed by atoms with van der Waals surface area (Å²) < 4.78 is 0. The fourth-order valence-corrected chi connectivity index (χ4v) is 2.98. The van der Waals surface area contributed by atoms with Crippen LogP contribution in [-0.2, 0) is 4.79 Å². The lowest BCUT2D eigenvalue weighted by Crippen LogP contribution is -2.41. The topological polar surface area (TPSA) is 49.4 Å². The smallest absolute Gasteiger partial charge is 0.252 e. The summed E-state index contributed by atoms with van der Waals surface area (Å²) in [5.74, 6) is -0.231. The van der Waals surface area contributed by atoms with E-state index in [-0.39, 0.29) is 11.8 Å². The molecule has 0 radical (unpaired) electrons. The van der Waals surface area contributed by atoms with Crippen LogP contribution in [0, 0.1) is 13.8 Å². The van der Waals surface area contributed by atoms with E-state index in [1.165, 1.54) is 0 Å². The highest BCUT2D eigenvalue weighted by Crippen LogP contribution is 2.21. The Morgan fingerprint density at radius 3 is 2.57 bits per heavy atom. The average Bonchev–Trinajstić information content (AvgIpc) is 2.89. The van der Waals surface area contributed by atoms with Gasteiger partial charge in [0.25, 0.3) is 5.91 Å². The number of anilines is 1. The number of amides is 2. The number of hydrogen-bond acceptors (Lipinski definition) is 2. The molecular formula is C19H20N2O2. The minimum Gasteiger partial charge on any atom is -0.340 e. The second-order valence-electron chi connectivity index (χ2n) is 5.96. The molecule has 4 heteroatoms. The van der Waals surface area contributed by atoms with Gasteiger partial charge in [0.15, 0.2) is 0 Å². The maximum atomic E-state index is 12.5. The van der Waals surface area contributed by atoms with E-state index in [0.717, 1.165) is 16.8 Å². The SMILES string of the molecule is Cc1ccc(C(=O)N[C@@H]2CCN(c3ccccc3)C2=O)c(C)c1. The molecule has 2 aromatic carbocycles. The number of benzene rings is 2. The van der Waals surface area contributed by atoms with Crippen molar-refractivity contribution in [2.75, 3.05) is 11.4 Å². The Balaban J connectivity index is 1.72. The number of aryl methyl sites for hydroxylation is 2. The number of hydrogen-bond donors (Lipinski definition) is 1. The Morgan fingerprint density at radius 1 is 1.13 bits per heavy atom. The molecule has 1 atom stereocenters. The molecule has 23 heavy (non-hydrogen) atoms. The Hall–Kier alpha value is -2.62. The largest absolute Gasteiger partial charge is 0.340 e. The monoisotopic (exact) mass is 308 g/mol. The summed E-state index contributed by atoms with van der Waals surface area (Å²) >= 11 is 0. The molecule has 1 N–H and O–H groups in total. The van der Waals surface area contributed by atoms with Gasteiger partial charge in [-0.25, -0.2) is 0 Å². The summed E-state index contributed by atoms with van der Waals surface area (Å²) in [5.41, 5.74) is 3.54. The molecule has 1 saturated heterocycles. The van der Waals surface area contributed by atoms with Gasteiger partial charge in [0.05, 0.1) is 0 Å². The number of carbonyl (C=O) groups is 2. The van der Waals surface area contributed by atoms with E-state index < -0.39 is 6.04 Å². The van der Waals surface area contributed by atoms with Crippen LogP contribution in [0.2, 0.25) is 0 Å². The van der Waals surface area contributed by atoms with Crippen molar-refractivity contribution < 1.29 is 9.59 Å². The van der Waals surface area contributed by atoms with Crippen molar-refractivity contribution in [2.45, 2.75) is 26.3 Å². The van der Waals surface area contributed by atoms with Crippen molar-refractivity contribution in [1.29, 1.82) is 0 Å². The summed E-state index contributed by atoms with van der Waals surface area (Å²) in [6.45, 7) is 4.53. The third kappa shape index (κ3) is 3.11. The van der Waals surface area contributed by atoms with Gasteiger partial charge in [-0.2, -0.15) is 0 Å². The minimum absolute atomic E-state index is 0.0469. The van der Waals surface area contributed by atoms with Crippen molar-refractivity contribution in [1.82, 2.24) is 5.32 Å². The second-order valence-corrected chi connectivity index (χ2v) is 5.96. The quantitative estimate of drug-likeness (QED) is 0.948. The summed E-state index contributed by atoms with van der Waals surface area (Å²) in [6, 6.07) is 14.8. The lowest BCUT2D eigenvalue weighted by Gasteiger charge is -2.17. The lowest BCUT2D eigenvalue weighted by atomic mass is 10.0. The van der Waals surface area contributed by atoms with E-state index in [1.54, 1.807) is 4.90 Å². The highest BCUT2D eigenvalue weighted by molar-refractivity contribution is 6.04. The molecule has 1 aliphatic heterocycles. The highest BCUT2D eigenvalue weighted by Gasteiger charge is 2.33. The van der Waals surface area contributed by atoms with Crippen molar-refractivity contribution in [3.05, 3.63) is 65.2 Å². The molecule has 0 unspecified atom stereocenters. The second kappa shape index (κ2) is 6.24. The van der Waals surface area contributed by atoms with Crippen LogP contribution in [0.1, 0.15) is 27.9 Å². The molecular weight excluding hydrogens is 288 g/mol. The predicted octanol–water partition coefficient (Wildman–Crippen LogP) is 2.84. The average molecular weight is 308 g/mol. The lowest BCUT2D eigenvalue weighted by molar-refractivity contribution is -0.118. The van der Waals surface area contributed by atoms with Crippen LogP contribution < -0.4 is 10.2 Å². The molecule has 0 bridgehead atoms. The number of nitrogens with one attached hydrogen (secondary N) is 1. The van der Waals surface area contributed by atoms with Gasteiger partial charge in [-0.15, -0.1) is 0 Å². The molecule has 1 heterocycles. The Labute approximate surface area is 136 Å². The van der Waals surface area contributed by atoms with Crippen LogP contribution in [0.5, 0.6) is 0 Å². The van der Waals surface area contributed by atoms with Gasteiger partial charge in [0.2, 0.25) is 5.91 Å². The maximum absolute atomic E-state index is 12.5. The number of nitrogens with zero attached hydrogens (tertiary/aromatic N) is 1. The van der Waals surface area contributed by atoms with Crippen molar-refractivity contribution >= 4 is 17.5 Å². The molecule has 2 amide bonds. The zero-order valence-corrected chi connectivity index (χ0v) is 13.4. The van der Waals surface area contributed by atoms with E-state index >= 15 is 0 Å². The summed E-state index contributed by atoms with van der Waals surface area (Å²) in [6.07, 6.45) is 0.629. The molecule has 0 saturated carbocycles. The first kappa shape index (κ1) is 15.3. The van der Waals surface area contributed by atoms with Crippen LogP contribution in [-0.4, -0.2) is 24.4 Å². The van der Waals surface area contributed by atoms with Crippen molar-refractivity contribution in [3.8, 4) is 0 Å². The predicted molar refractivity (Wildman–Crippen MR) is 90.6 cm³/mol. The molecule has 3 rings (SSSR count). The van der Waals surface area contributed by atoms with E-state index in [1.807, 2.05) is 62.4 Å². The van der Waals surface area contributed by atoms with Gasteiger partial charge in [0.1, 0.15) is 6.04 Å². The summed E-state index contributed by atoms with van der Waals surface area (Å²) in [5, 5.41) is 2.87. The molecule has 2 aromatic rings. The zero-order chi connectivity index (χ0) is 16.4. The van der Waals surface area contributed by atoms with Gasteiger partial charge in [-0.3, -0.25) is 9.59 Å². The van der Waals surface area contributed by atoms with Crippen LogP contribution in [0.25, 0.3) is 0 Å². The van der Waals surface area contributed by atoms with E-state index in [9.17, 15) is 9.59 Å². The highest BCUT2D eigenvalue weighted by atomic mass is 16.2. The van der Waals surface area contributed by atoms with Crippen LogP contribution in [0.15, 0.2) is 48.5 Å². The molecule has 118 valence electrons. The molecule has 1 fully saturated rings. The summed E-state index contributed by atoms with van der Waals surface area (Å²) in [4.78, 5) is 26.7. The molecule has 0 aliphatic carbocycles. The first-order valence-corrected chi connectivity index (χ1v) is 7.81. The number of rotatable bonds is 3. The fourth-order valence-electron chi connectivity index (χ4n) is 2.98. The van der Waals surface area contributed by atoms with Gasteiger partial charge in [-0.1, -0.05) is 35.9 Å². The van der Waals surface area contributed by atoms with Gasteiger partial charge in [0, 0.05) is 17.8 Å². The third-order valence-electron chi connectivity index (χ3n) is 4.21. The van der Waals surface area contributed by atoms with Gasteiger partial charge < -0.3 is 10.2 Å². The van der Waals surface area contributed by atoms with Gasteiger partial charge in [-0.05, 0) is 44.0 Å². The standard InChI is InChI=1S/C19H20N2O2/c1-13-8-9-16(14(2)12-13)18(22)20-17-10-11-21(19(17)23)15-6-4-3-5-7-15/h3-9,12,17H,10-11H2,1-2H3,(H,20,22)/t17-/m1/s1. The molecule has 4 nitrogen and oxygen atoms in total. The van der Waals surface area contributed by atoms with Crippen molar-refractivity contribution in [2.24, 2.45) is 0 Å². The Morgan fingerprint density at radius 2 is 1.87 bits per heavy atom. The summed E-state index contributed by atoms with van der Waals surface area (Å²) in [7, 11) is 0. The minimum atomic E-state index is -0.455. The van der Waals surface area contributed by atoms with Crippen molar-refractivity contribution in [3.63, 3.8) is 0 Å². The van der Waals surface area contributed by atoms with E-state index in [0.29, 0.717) is 18.5 Å². The maximum Gasteiger partial charge on any atom is 0.252 e. The molecule has 0 aromatic heterocycles. The number of para-hydroxylation sites is 1.